The van der Waals surface area contributed by atoms with Gasteiger partial charge in [-0.1, -0.05) is 176 Å². The van der Waals surface area contributed by atoms with Crippen molar-refractivity contribution in [2.75, 3.05) is 4.90 Å². The summed E-state index contributed by atoms with van der Waals surface area (Å²) in [5, 5.41) is 2.23. The molecule has 3 heterocycles. The van der Waals surface area contributed by atoms with Crippen molar-refractivity contribution in [1.29, 1.82) is 0 Å². The molecule has 0 atom stereocenters. The molecule has 4 nitrogen and oxygen atoms in total. The fraction of sp³-hybridized carbons (Fsp3) is 0.0294. The molecule has 4 heteroatoms. The van der Waals surface area contributed by atoms with Crippen LogP contribution in [0.15, 0.2) is 253 Å². The van der Waals surface area contributed by atoms with Crippen LogP contribution in [0.5, 0.6) is 23.0 Å². The molecule has 16 rings (SSSR count). The van der Waals surface area contributed by atoms with Gasteiger partial charge in [0.2, 0.25) is 0 Å². The Morgan fingerprint density at radius 1 is 0.278 bits per heavy atom. The summed E-state index contributed by atoms with van der Waals surface area (Å²) in [6, 6.07) is 90.1. The van der Waals surface area contributed by atoms with E-state index in [9.17, 15) is 0 Å². The SMILES string of the molecule is c1ccc2c(c1)Oc1ccc(N(c3ccc(-c4cccc5oc6ccccc6c45)cc3)c3ccc4c(c3)C3(c5ccccc5O4)c4ccccc4-c4ccccc43)cc1C21c2ccccc2-c2ccccc21. The molecular formula is C68H41NO3. The van der Waals surface area contributed by atoms with Gasteiger partial charge in [0, 0.05) is 50.1 Å². The minimum absolute atomic E-state index is 0.635. The van der Waals surface area contributed by atoms with Gasteiger partial charge in [0.15, 0.2) is 0 Å². The van der Waals surface area contributed by atoms with Crippen LogP contribution < -0.4 is 14.4 Å². The van der Waals surface area contributed by atoms with E-state index in [4.69, 9.17) is 13.9 Å². The Hall–Kier alpha value is -9.38. The number of ether oxygens (including phenoxy) is 2. The molecule has 12 aromatic rings. The molecule has 0 saturated heterocycles. The van der Waals surface area contributed by atoms with Crippen molar-refractivity contribution in [3.63, 3.8) is 0 Å². The van der Waals surface area contributed by atoms with E-state index in [1.807, 2.05) is 12.1 Å². The first-order chi connectivity index (χ1) is 35.7. The van der Waals surface area contributed by atoms with Crippen molar-refractivity contribution in [3.8, 4) is 56.4 Å². The lowest BCUT2D eigenvalue weighted by molar-refractivity contribution is 0.436. The largest absolute Gasteiger partial charge is 0.457 e. The predicted octanol–water partition coefficient (Wildman–Crippen LogP) is 17.7. The highest BCUT2D eigenvalue weighted by molar-refractivity contribution is 6.12. The molecule has 11 aromatic carbocycles. The summed E-state index contributed by atoms with van der Waals surface area (Å²) < 4.78 is 20.3. The number of fused-ring (bicyclic) bond motifs is 21. The quantitative estimate of drug-likeness (QED) is 0.176. The molecule has 0 fully saturated rings. The predicted molar refractivity (Wildman–Crippen MR) is 289 cm³/mol. The van der Waals surface area contributed by atoms with Crippen molar-refractivity contribution in [3.05, 3.63) is 293 Å². The summed E-state index contributed by atoms with van der Waals surface area (Å²) >= 11 is 0. The highest BCUT2D eigenvalue weighted by Gasteiger charge is 2.53. The second-order valence-electron chi connectivity index (χ2n) is 19.4. The fourth-order valence-corrected chi connectivity index (χ4v) is 13.2. The molecule has 0 saturated carbocycles. The van der Waals surface area contributed by atoms with Crippen LogP contribution in [0.4, 0.5) is 17.1 Å². The molecule has 0 unspecified atom stereocenters. The maximum absolute atomic E-state index is 6.96. The second kappa shape index (κ2) is 14.6. The Bertz CT molecular complexity index is 3970. The number of anilines is 3. The van der Waals surface area contributed by atoms with Crippen molar-refractivity contribution in [2.45, 2.75) is 10.8 Å². The molecule has 4 aliphatic rings. The minimum Gasteiger partial charge on any atom is -0.457 e. The van der Waals surface area contributed by atoms with Crippen molar-refractivity contribution in [1.82, 2.24) is 0 Å². The number of hydrogen-bond donors (Lipinski definition) is 0. The van der Waals surface area contributed by atoms with E-state index in [2.05, 4.69) is 241 Å². The van der Waals surface area contributed by atoms with E-state index in [1.54, 1.807) is 0 Å². The van der Waals surface area contributed by atoms with Gasteiger partial charge in [-0.15, -0.1) is 0 Å². The lowest BCUT2D eigenvalue weighted by Crippen LogP contribution is -2.32. The Labute approximate surface area is 416 Å². The smallest absolute Gasteiger partial charge is 0.136 e. The van der Waals surface area contributed by atoms with E-state index >= 15 is 0 Å². The highest BCUT2D eigenvalue weighted by atomic mass is 16.5. The van der Waals surface area contributed by atoms with Crippen molar-refractivity contribution >= 4 is 39.0 Å². The highest BCUT2D eigenvalue weighted by Crippen LogP contribution is 2.65. The number of para-hydroxylation sites is 3. The van der Waals surface area contributed by atoms with Crippen molar-refractivity contribution < 1.29 is 13.9 Å². The first-order valence-corrected chi connectivity index (χ1v) is 24.7. The molecule has 336 valence electrons. The second-order valence-corrected chi connectivity index (χ2v) is 19.4. The monoisotopic (exact) mass is 919 g/mol. The Morgan fingerprint density at radius 2 is 0.667 bits per heavy atom. The average Bonchev–Trinajstić information content (AvgIpc) is 4.08. The summed E-state index contributed by atoms with van der Waals surface area (Å²) in [5.41, 5.74) is 20.2. The van der Waals surface area contributed by atoms with E-state index in [1.165, 1.54) is 44.5 Å². The molecule has 0 N–H and O–H groups in total. The minimum atomic E-state index is -0.635. The molecule has 2 aliphatic heterocycles. The molecule has 2 aliphatic carbocycles. The standard InChI is InChI=1S/C68H41NO3/c1-6-22-52-47(16-1)48-17-2-7-23-53(48)67(52)56-26-10-13-29-61(56)71-63-38-36-44(40-58(63)67)69(43-34-32-42(33-35-43)46-21-15-31-65-66(46)51-20-5-12-28-60(51)70-65)45-37-39-64-59(41-45)68(57-27-11-14-30-62(57)72-64)54-24-8-3-18-49(54)50-19-4-9-25-55(50)68/h1-41H. The van der Waals surface area contributed by atoms with Crippen LogP contribution in [0, 0.1) is 0 Å². The summed E-state index contributed by atoms with van der Waals surface area (Å²) in [5.74, 6) is 3.42. The zero-order valence-electron chi connectivity index (χ0n) is 38.8. The first kappa shape index (κ1) is 39.5. The average molecular weight is 920 g/mol. The Kier molecular flexibility index (Phi) is 7.99. The van der Waals surface area contributed by atoms with Crippen LogP contribution in [-0.2, 0) is 10.8 Å². The summed E-state index contributed by atoms with van der Waals surface area (Å²) in [6.45, 7) is 0. The maximum atomic E-state index is 6.96. The van der Waals surface area contributed by atoms with Gasteiger partial charge < -0.3 is 18.8 Å². The Morgan fingerprint density at radius 3 is 1.18 bits per heavy atom. The lowest BCUT2D eigenvalue weighted by Gasteiger charge is -2.41. The molecular weight excluding hydrogens is 879 g/mol. The van der Waals surface area contributed by atoms with Gasteiger partial charge in [-0.3, -0.25) is 0 Å². The number of furan rings is 1. The molecule has 0 bridgehead atoms. The lowest BCUT2D eigenvalue weighted by atomic mass is 9.66. The molecule has 0 amide bonds. The number of rotatable bonds is 4. The topological polar surface area (TPSA) is 34.8 Å². The molecule has 72 heavy (non-hydrogen) atoms. The summed E-state index contributed by atoms with van der Waals surface area (Å²) in [7, 11) is 0. The van der Waals surface area contributed by atoms with Crippen LogP contribution in [0.1, 0.15) is 44.5 Å². The third-order valence-corrected chi connectivity index (χ3v) is 16.0. The summed E-state index contributed by atoms with van der Waals surface area (Å²) in [6.07, 6.45) is 0. The van der Waals surface area contributed by atoms with Crippen LogP contribution in [-0.4, -0.2) is 0 Å². The molecule has 2 spiro atoms. The van der Waals surface area contributed by atoms with Gasteiger partial charge in [-0.25, -0.2) is 0 Å². The zero-order chi connectivity index (χ0) is 47.1. The number of nitrogens with zero attached hydrogens (tertiary/aromatic N) is 1. The van der Waals surface area contributed by atoms with Crippen LogP contribution in [0.3, 0.4) is 0 Å². The van der Waals surface area contributed by atoms with Crippen LogP contribution >= 0.6 is 0 Å². The molecule has 0 radical (unpaired) electrons. The van der Waals surface area contributed by atoms with E-state index in [-0.39, 0.29) is 0 Å². The normalized spacial score (nSPS) is 14.3. The fourth-order valence-electron chi connectivity index (χ4n) is 13.2. The zero-order valence-corrected chi connectivity index (χ0v) is 38.8. The van der Waals surface area contributed by atoms with Crippen molar-refractivity contribution in [2.24, 2.45) is 0 Å². The summed E-state index contributed by atoms with van der Waals surface area (Å²) in [4.78, 5) is 2.42. The van der Waals surface area contributed by atoms with E-state index in [0.717, 1.165) is 95.4 Å². The van der Waals surface area contributed by atoms with Crippen LogP contribution in [0.25, 0.3) is 55.3 Å². The third kappa shape index (κ3) is 5.10. The van der Waals surface area contributed by atoms with Crippen LogP contribution in [0.2, 0.25) is 0 Å². The maximum Gasteiger partial charge on any atom is 0.136 e. The van der Waals surface area contributed by atoms with E-state index < -0.39 is 10.8 Å². The van der Waals surface area contributed by atoms with E-state index in [0.29, 0.717) is 0 Å². The van der Waals surface area contributed by atoms with Gasteiger partial charge in [-0.2, -0.15) is 0 Å². The molecule has 1 aromatic heterocycles. The van der Waals surface area contributed by atoms with Gasteiger partial charge in [-0.05, 0) is 128 Å². The van der Waals surface area contributed by atoms with Gasteiger partial charge in [0.25, 0.3) is 0 Å². The van der Waals surface area contributed by atoms with Gasteiger partial charge in [0.05, 0.1) is 10.8 Å². The first-order valence-electron chi connectivity index (χ1n) is 24.7. The van der Waals surface area contributed by atoms with Gasteiger partial charge in [0.1, 0.15) is 34.2 Å². The number of hydrogen-bond acceptors (Lipinski definition) is 4. The van der Waals surface area contributed by atoms with Gasteiger partial charge >= 0.3 is 0 Å². The third-order valence-electron chi connectivity index (χ3n) is 16.0. The Balaban J connectivity index is 0.952. The number of benzene rings is 11.